The second-order valence-electron chi connectivity index (χ2n) is 5.74. The van der Waals surface area contributed by atoms with Crippen molar-refractivity contribution in [3.05, 3.63) is 28.8 Å². The molecule has 134 valence electrons. The van der Waals surface area contributed by atoms with E-state index in [1.807, 2.05) is 0 Å². The highest BCUT2D eigenvalue weighted by Gasteiger charge is 2.25. The van der Waals surface area contributed by atoms with Crippen molar-refractivity contribution < 1.29 is 28.9 Å². The third kappa shape index (κ3) is 4.43. The quantitative estimate of drug-likeness (QED) is 0.817. The molecule has 1 aromatic rings. The van der Waals surface area contributed by atoms with Crippen LogP contribution < -0.4 is 9.47 Å². The molecular weight excluding hydrogens is 350 g/mol. The van der Waals surface area contributed by atoms with Crippen LogP contribution in [0.25, 0.3) is 6.08 Å². The van der Waals surface area contributed by atoms with Gasteiger partial charge in [-0.2, -0.15) is 0 Å². The van der Waals surface area contributed by atoms with Gasteiger partial charge in [-0.1, -0.05) is 11.6 Å². The number of aliphatic carboxylic acids is 1. The van der Waals surface area contributed by atoms with E-state index < -0.39 is 12.1 Å². The number of hydrogen-bond donors (Lipinski definition) is 1. The predicted molar refractivity (Wildman–Crippen MR) is 90.0 cm³/mol. The van der Waals surface area contributed by atoms with Gasteiger partial charge in [0.1, 0.15) is 13.2 Å². The minimum absolute atomic E-state index is 0.120. The first-order valence-corrected chi connectivity index (χ1v) is 8.30. The van der Waals surface area contributed by atoms with Crippen LogP contribution >= 0.6 is 11.6 Å². The number of nitrogens with zero attached hydrogens (tertiary/aromatic N) is 1. The molecule has 0 spiro atoms. The van der Waals surface area contributed by atoms with Crippen LogP contribution in [0.1, 0.15) is 12.0 Å². The summed E-state index contributed by atoms with van der Waals surface area (Å²) in [7, 11) is 0. The van der Waals surface area contributed by atoms with Crippen molar-refractivity contribution in [1.29, 1.82) is 0 Å². The lowest BCUT2D eigenvalue weighted by Crippen LogP contribution is -2.45. The molecule has 2 aliphatic heterocycles. The number of fused-ring (bicyclic) bond motifs is 1. The lowest BCUT2D eigenvalue weighted by atomic mass is 10.1. The molecule has 25 heavy (non-hydrogen) atoms. The standard InChI is InChI=1S/C17H18ClNO6/c18-13-7-11(8-14-17(13)25-6-5-24-14)1-2-15(20)19-3-4-23-12(10-19)9-16(21)22/h1-2,7-8,12H,3-6,9-10H2,(H,21,22). The molecule has 0 bridgehead atoms. The van der Waals surface area contributed by atoms with E-state index in [-0.39, 0.29) is 18.9 Å². The maximum atomic E-state index is 12.3. The summed E-state index contributed by atoms with van der Waals surface area (Å²) in [6.07, 6.45) is 2.48. The second-order valence-corrected chi connectivity index (χ2v) is 6.14. The Balaban J connectivity index is 1.66. The fraction of sp³-hybridized carbons (Fsp3) is 0.412. The first kappa shape index (κ1) is 17.6. The first-order chi connectivity index (χ1) is 12.0. The fourth-order valence-electron chi connectivity index (χ4n) is 2.74. The van der Waals surface area contributed by atoms with E-state index in [2.05, 4.69) is 0 Å². The fourth-order valence-corrected chi connectivity index (χ4v) is 3.01. The highest BCUT2D eigenvalue weighted by atomic mass is 35.5. The predicted octanol–water partition coefficient (Wildman–Crippen LogP) is 1.83. The van der Waals surface area contributed by atoms with Crippen molar-refractivity contribution >= 4 is 29.6 Å². The van der Waals surface area contributed by atoms with Gasteiger partial charge in [0, 0.05) is 19.2 Å². The molecule has 1 atom stereocenters. The molecule has 1 N–H and O–H groups in total. The molecule has 1 fully saturated rings. The number of amides is 1. The largest absolute Gasteiger partial charge is 0.486 e. The maximum absolute atomic E-state index is 12.3. The molecule has 0 aromatic heterocycles. The Hall–Kier alpha value is -2.25. The molecule has 0 radical (unpaired) electrons. The maximum Gasteiger partial charge on any atom is 0.306 e. The third-order valence-electron chi connectivity index (χ3n) is 3.89. The Morgan fingerprint density at radius 3 is 2.88 bits per heavy atom. The zero-order chi connectivity index (χ0) is 17.8. The van der Waals surface area contributed by atoms with Crippen molar-refractivity contribution in [1.82, 2.24) is 4.90 Å². The summed E-state index contributed by atoms with van der Waals surface area (Å²) in [5, 5.41) is 9.26. The van der Waals surface area contributed by atoms with Gasteiger partial charge in [0.05, 0.1) is 24.2 Å². The van der Waals surface area contributed by atoms with Crippen LogP contribution in [0.15, 0.2) is 18.2 Å². The van der Waals surface area contributed by atoms with E-state index in [4.69, 9.17) is 30.9 Å². The molecule has 1 unspecified atom stereocenters. The van der Waals surface area contributed by atoms with E-state index in [1.165, 1.54) is 6.08 Å². The average Bonchev–Trinajstić information content (AvgIpc) is 2.59. The number of carboxylic acids is 1. The van der Waals surface area contributed by atoms with Gasteiger partial charge < -0.3 is 24.2 Å². The first-order valence-electron chi connectivity index (χ1n) is 7.92. The van der Waals surface area contributed by atoms with Gasteiger partial charge in [-0.15, -0.1) is 0 Å². The lowest BCUT2D eigenvalue weighted by molar-refractivity contribution is -0.145. The summed E-state index contributed by atoms with van der Waals surface area (Å²) in [6, 6.07) is 3.46. The van der Waals surface area contributed by atoms with Crippen molar-refractivity contribution in [2.24, 2.45) is 0 Å². The summed E-state index contributed by atoms with van der Waals surface area (Å²) < 4.78 is 16.3. The third-order valence-corrected chi connectivity index (χ3v) is 4.17. The van der Waals surface area contributed by atoms with E-state index in [0.717, 1.165) is 5.56 Å². The van der Waals surface area contributed by atoms with Crippen LogP contribution in [0.2, 0.25) is 5.02 Å². The Labute approximate surface area is 149 Å². The van der Waals surface area contributed by atoms with Crippen LogP contribution in [-0.4, -0.2) is 60.9 Å². The van der Waals surface area contributed by atoms with Gasteiger partial charge in [-0.05, 0) is 23.8 Å². The lowest BCUT2D eigenvalue weighted by Gasteiger charge is -2.31. The number of ether oxygens (including phenoxy) is 3. The highest BCUT2D eigenvalue weighted by molar-refractivity contribution is 6.32. The summed E-state index contributed by atoms with van der Waals surface area (Å²) in [6.45, 7) is 1.93. The van der Waals surface area contributed by atoms with Gasteiger partial charge >= 0.3 is 5.97 Å². The average molecular weight is 368 g/mol. The number of hydrogen-bond acceptors (Lipinski definition) is 5. The number of carbonyl (C=O) groups is 2. The number of carboxylic acid groups (broad SMARTS) is 1. The Morgan fingerprint density at radius 2 is 2.08 bits per heavy atom. The molecule has 8 heteroatoms. The molecule has 7 nitrogen and oxygen atoms in total. The normalized spacial score (nSPS) is 19.9. The highest BCUT2D eigenvalue weighted by Crippen LogP contribution is 2.38. The topological polar surface area (TPSA) is 85.3 Å². The van der Waals surface area contributed by atoms with Crippen LogP contribution in [0.5, 0.6) is 11.5 Å². The molecule has 1 saturated heterocycles. The number of benzene rings is 1. The van der Waals surface area contributed by atoms with Crippen LogP contribution in [0.3, 0.4) is 0 Å². The molecule has 0 aliphatic carbocycles. The number of halogens is 1. The van der Waals surface area contributed by atoms with Gasteiger partial charge in [0.25, 0.3) is 0 Å². The van der Waals surface area contributed by atoms with E-state index in [0.29, 0.717) is 42.9 Å². The van der Waals surface area contributed by atoms with Crippen molar-refractivity contribution in [3.63, 3.8) is 0 Å². The van der Waals surface area contributed by atoms with Crippen molar-refractivity contribution in [2.45, 2.75) is 12.5 Å². The minimum atomic E-state index is -0.944. The van der Waals surface area contributed by atoms with Gasteiger partial charge in [0.15, 0.2) is 11.5 Å². The van der Waals surface area contributed by atoms with Crippen molar-refractivity contribution in [3.8, 4) is 11.5 Å². The van der Waals surface area contributed by atoms with E-state index in [9.17, 15) is 9.59 Å². The molecule has 2 heterocycles. The summed E-state index contributed by atoms with van der Waals surface area (Å²) in [4.78, 5) is 24.7. The zero-order valence-corrected chi connectivity index (χ0v) is 14.2. The van der Waals surface area contributed by atoms with Crippen molar-refractivity contribution in [2.75, 3.05) is 32.9 Å². The second kappa shape index (κ2) is 7.76. The van der Waals surface area contributed by atoms with Gasteiger partial charge in [0.2, 0.25) is 5.91 Å². The van der Waals surface area contributed by atoms with Crippen LogP contribution in [0, 0.1) is 0 Å². The Morgan fingerprint density at radius 1 is 1.28 bits per heavy atom. The van der Waals surface area contributed by atoms with E-state index in [1.54, 1.807) is 23.1 Å². The molecular formula is C17H18ClNO6. The molecule has 1 aromatic carbocycles. The Bertz CT molecular complexity index is 705. The van der Waals surface area contributed by atoms with E-state index >= 15 is 0 Å². The number of carbonyl (C=O) groups excluding carboxylic acids is 1. The molecule has 3 rings (SSSR count). The zero-order valence-electron chi connectivity index (χ0n) is 13.4. The van der Waals surface area contributed by atoms with Gasteiger partial charge in [-0.3, -0.25) is 9.59 Å². The Kier molecular flexibility index (Phi) is 5.45. The number of rotatable bonds is 4. The van der Waals surface area contributed by atoms with Gasteiger partial charge in [-0.25, -0.2) is 0 Å². The minimum Gasteiger partial charge on any atom is -0.486 e. The molecule has 1 amide bonds. The van der Waals surface area contributed by atoms with Crippen LogP contribution in [-0.2, 0) is 14.3 Å². The molecule has 0 saturated carbocycles. The smallest absolute Gasteiger partial charge is 0.306 e. The SMILES string of the molecule is O=C(O)CC1CN(C(=O)C=Cc2cc(Cl)c3c(c2)OCCO3)CCO1. The summed E-state index contributed by atoms with van der Waals surface area (Å²) >= 11 is 6.17. The van der Waals surface area contributed by atoms with Crippen LogP contribution in [0.4, 0.5) is 0 Å². The summed E-state index contributed by atoms with van der Waals surface area (Å²) in [5.74, 6) is -0.0784. The summed E-state index contributed by atoms with van der Waals surface area (Å²) in [5.41, 5.74) is 0.720. The number of morpholine rings is 1. The monoisotopic (exact) mass is 367 g/mol. The molecule has 2 aliphatic rings.